The van der Waals surface area contributed by atoms with Gasteiger partial charge in [-0.05, 0) is 0 Å². The largest absolute Gasteiger partial charge is 0.382 e. The Morgan fingerprint density at radius 3 is 2.11 bits per heavy atom. The molecule has 1 rings (SSSR count). The molecule has 0 unspecified atom stereocenters. The highest BCUT2D eigenvalue weighted by molar-refractivity contribution is 9.09. The summed E-state index contributed by atoms with van der Waals surface area (Å²) in [5, 5.41) is 0.851. The third-order valence-electron chi connectivity index (χ3n) is 3.09. The lowest BCUT2D eigenvalue weighted by Crippen LogP contribution is -2.41. The molecule has 0 aromatic carbocycles. The zero-order chi connectivity index (χ0) is 13.8. The number of ether oxygens (including phenoxy) is 5. The molecule has 0 aromatic heterocycles. The SMILES string of the molecule is COCCOCCOCCOC1(CBr)CCOCC1. The van der Waals surface area contributed by atoms with Crippen molar-refractivity contribution in [1.82, 2.24) is 0 Å². The average Bonchev–Trinajstić information content (AvgIpc) is 2.46. The summed E-state index contributed by atoms with van der Waals surface area (Å²) < 4.78 is 26.9. The molecule has 19 heavy (non-hydrogen) atoms. The van der Waals surface area contributed by atoms with Crippen LogP contribution in [0.4, 0.5) is 0 Å². The van der Waals surface area contributed by atoms with Crippen LogP contribution in [0.2, 0.25) is 0 Å². The summed E-state index contributed by atoms with van der Waals surface area (Å²) in [5.74, 6) is 0. The van der Waals surface area contributed by atoms with Gasteiger partial charge in [-0.25, -0.2) is 0 Å². The van der Waals surface area contributed by atoms with E-state index in [1.807, 2.05) is 0 Å². The first-order chi connectivity index (χ1) is 9.33. The van der Waals surface area contributed by atoms with Crippen LogP contribution in [0.5, 0.6) is 0 Å². The number of hydrogen-bond acceptors (Lipinski definition) is 5. The van der Waals surface area contributed by atoms with Crippen LogP contribution in [0.15, 0.2) is 0 Å². The van der Waals surface area contributed by atoms with Gasteiger partial charge in [-0.1, -0.05) is 15.9 Å². The average molecular weight is 341 g/mol. The maximum Gasteiger partial charge on any atom is 0.0823 e. The molecule has 0 N–H and O–H groups in total. The molecule has 6 heteroatoms. The highest BCUT2D eigenvalue weighted by atomic mass is 79.9. The third kappa shape index (κ3) is 7.58. The monoisotopic (exact) mass is 340 g/mol. The third-order valence-corrected chi connectivity index (χ3v) is 4.11. The molecule has 1 aliphatic heterocycles. The quantitative estimate of drug-likeness (QED) is 0.422. The van der Waals surface area contributed by atoms with E-state index in [1.54, 1.807) is 7.11 Å². The van der Waals surface area contributed by atoms with Crippen LogP contribution in [0.3, 0.4) is 0 Å². The van der Waals surface area contributed by atoms with Gasteiger partial charge >= 0.3 is 0 Å². The van der Waals surface area contributed by atoms with E-state index in [-0.39, 0.29) is 5.60 Å². The fourth-order valence-corrected chi connectivity index (χ4v) is 2.56. The number of alkyl halides is 1. The minimum Gasteiger partial charge on any atom is -0.382 e. The van der Waals surface area contributed by atoms with Crippen molar-refractivity contribution in [1.29, 1.82) is 0 Å². The van der Waals surface area contributed by atoms with E-state index >= 15 is 0 Å². The first-order valence-corrected chi connectivity index (χ1v) is 7.87. The van der Waals surface area contributed by atoms with Crippen LogP contribution in [-0.2, 0) is 23.7 Å². The summed E-state index contributed by atoms with van der Waals surface area (Å²) in [6.07, 6.45) is 1.89. The van der Waals surface area contributed by atoms with Crippen molar-refractivity contribution in [3.05, 3.63) is 0 Å². The lowest BCUT2D eigenvalue weighted by molar-refractivity contribution is -0.109. The van der Waals surface area contributed by atoms with Gasteiger partial charge in [-0.3, -0.25) is 0 Å². The Labute approximate surface area is 124 Å². The maximum atomic E-state index is 5.95. The summed E-state index contributed by atoms with van der Waals surface area (Å²) in [7, 11) is 1.66. The van der Waals surface area contributed by atoms with Crippen molar-refractivity contribution in [3.63, 3.8) is 0 Å². The van der Waals surface area contributed by atoms with Gasteiger partial charge < -0.3 is 23.7 Å². The summed E-state index contributed by atoms with van der Waals surface area (Å²) in [6, 6.07) is 0. The van der Waals surface area contributed by atoms with Crippen LogP contribution < -0.4 is 0 Å². The van der Waals surface area contributed by atoms with E-state index in [0.717, 1.165) is 31.4 Å². The zero-order valence-electron chi connectivity index (χ0n) is 11.7. The van der Waals surface area contributed by atoms with Gasteiger partial charge in [0.15, 0.2) is 0 Å². The molecule has 5 nitrogen and oxygen atoms in total. The number of hydrogen-bond donors (Lipinski definition) is 0. The van der Waals surface area contributed by atoms with Crippen LogP contribution >= 0.6 is 15.9 Å². The zero-order valence-corrected chi connectivity index (χ0v) is 13.3. The second kappa shape index (κ2) is 11.0. The van der Waals surface area contributed by atoms with E-state index in [9.17, 15) is 0 Å². The first-order valence-electron chi connectivity index (χ1n) is 6.75. The molecule has 1 aliphatic rings. The van der Waals surface area contributed by atoms with Crippen LogP contribution in [0.25, 0.3) is 0 Å². The highest BCUT2D eigenvalue weighted by Crippen LogP contribution is 2.27. The smallest absolute Gasteiger partial charge is 0.0823 e. The molecule has 114 valence electrons. The predicted molar refractivity (Wildman–Crippen MR) is 76.0 cm³/mol. The van der Waals surface area contributed by atoms with Gasteiger partial charge in [0.2, 0.25) is 0 Å². The summed E-state index contributed by atoms with van der Waals surface area (Å²) in [4.78, 5) is 0. The van der Waals surface area contributed by atoms with Crippen molar-refractivity contribution in [2.24, 2.45) is 0 Å². The minimum atomic E-state index is -0.0728. The van der Waals surface area contributed by atoms with Crippen LogP contribution in [0.1, 0.15) is 12.8 Å². The topological polar surface area (TPSA) is 46.2 Å². The molecule has 1 heterocycles. The molecule has 0 bridgehead atoms. The van der Waals surface area contributed by atoms with Crippen molar-refractivity contribution < 1.29 is 23.7 Å². The van der Waals surface area contributed by atoms with E-state index in [2.05, 4.69) is 15.9 Å². The van der Waals surface area contributed by atoms with Gasteiger partial charge in [-0.15, -0.1) is 0 Å². The van der Waals surface area contributed by atoms with E-state index in [0.29, 0.717) is 39.6 Å². The normalized spacial score (nSPS) is 18.6. The van der Waals surface area contributed by atoms with Gasteiger partial charge in [0.1, 0.15) is 0 Å². The fourth-order valence-electron chi connectivity index (χ4n) is 1.84. The second-order valence-corrected chi connectivity index (χ2v) is 5.06. The molecule has 0 amide bonds. The molecule has 0 spiro atoms. The van der Waals surface area contributed by atoms with Crippen molar-refractivity contribution in [2.45, 2.75) is 18.4 Å². The molecule has 0 atom stereocenters. The van der Waals surface area contributed by atoms with Crippen LogP contribution in [-0.4, -0.2) is 70.9 Å². The first kappa shape index (κ1) is 17.3. The van der Waals surface area contributed by atoms with Crippen molar-refractivity contribution >= 4 is 15.9 Å². The Kier molecular flexibility index (Phi) is 10.0. The minimum absolute atomic E-state index is 0.0728. The molecular weight excluding hydrogens is 316 g/mol. The van der Waals surface area contributed by atoms with Gasteiger partial charge in [-0.2, -0.15) is 0 Å². The summed E-state index contributed by atoms with van der Waals surface area (Å²) in [6.45, 7) is 5.20. The molecule has 1 saturated heterocycles. The van der Waals surface area contributed by atoms with E-state index in [4.69, 9.17) is 23.7 Å². The van der Waals surface area contributed by atoms with Gasteiger partial charge in [0, 0.05) is 38.5 Å². The lowest BCUT2D eigenvalue weighted by atomic mass is 9.97. The molecule has 0 radical (unpaired) electrons. The Morgan fingerprint density at radius 2 is 1.53 bits per heavy atom. The van der Waals surface area contributed by atoms with Crippen LogP contribution in [0, 0.1) is 0 Å². The number of rotatable bonds is 11. The van der Waals surface area contributed by atoms with E-state index in [1.165, 1.54) is 0 Å². The molecule has 0 saturated carbocycles. The molecule has 0 aromatic rings. The van der Waals surface area contributed by atoms with Crippen molar-refractivity contribution in [2.75, 3.05) is 65.3 Å². The number of methoxy groups -OCH3 is 1. The number of halogens is 1. The van der Waals surface area contributed by atoms with Gasteiger partial charge in [0.25, 0.3) is 0 Å². The van der Waals surface area contributed by atoms with E-state index < -0.39 is 0 Å². The summed E-state index contributed by atoms with van der Waals surface area (Å²) >= 11 is 3.53. The lowest BCUT2D eigenvalue weighted by Gasteiger charge is -2.35. The Balaban J connectivity index is 1.94. The fraction of sp³-hybridized carbons (Fsp3) is 1.00. The highest BCUT2D eigenvalue weighted by Gasteiger charge is 2.32. The Hall–Kier alpha value is 0.280. The standard InChI is InChI=1S/C13H25BrO5/c1-15-6-7-17-8-9-18-10-11-19-13(12-14)2-4-16-5-3-13/h2-12H2,1H3. The van der Waals surface area contributed by atoms with Crippen molar-refractivity contribution in [3.8, 4) is 0 Å². The Morgan fingerprint density at radius 1 is 0.947 bits per heavy atom. The molecule has 0 aliphatic carbocycles. The predicted octanol–water partition coefficient (Wildman–Crippen LogP) is 1.63. The molecule has 1 fully saturated rings. The van der Waals surface area contributed by atoms with Gasteiger partial charge in [0.05, 0.1) is 45.2 Å². The maximum absolute atomic E-state index is 5.95. The second-order valence-electron chi connectivity index (χ2n) is 4.50. The summed E-state index contributed by atoms with van der Waals surface area (Å²) in [5.41, 5.74) is -0.0728. The Bertz CT molecular complexity index is 209. The molecular formula is C13H25BrO5.